The van der Waals surface area contributed by atoms with Gasteiger partial charge in [-0.1, -0.05) is 18.2 Å². The number of carbonyl (C=O) groups is 2. The van der Waals surface area contributed by atoms with Crippen molar-refractivity contribution in [1.82, 2.24) is 4.90 Å². The van der Waals surface area contributed by atoms with E-state index in [2.05, 4.69) is 0 Å². The summed E-state index contributed by atoms with van der Waals surface area (Å²) >= 11 is 0. The summed E-state index contributed by atoms with van der Waals surface area (Å²) in [7, 11) is 0. The van der Waals surface area contributed by atoms with E-state index in [0.29, 0.717) is 24.3 Å². The van der Waals surface area contributed by atoms with Crippen LogP contribution in [0.15, 0.2) is 66.7 Å². The zero-order chi connectivity index (χ0) is 27.5. The number of rotatable bonds is 7. The van der Waals surface area contributed by atoms with Gasteiger partial charge in [0.15, 0.2) is 0 Å². The van der Waals surface area contributed by atoms with E-state index >= 15 is 4.39 Å². The van der Waals surface area contributed by atoms with Crippen molar-refractivity contribution in [3.8, 4) is 5.75 Å². The Bertz CT molecular complexity index is 1330. The lowest BCUT2D eigenvalue weighted by Crippen LogP contribution is -2.55. The topological polar surface area (TPSA) is 70.1 Å². The maximum absolute atomic E-state index is 15.5. The van der Waals surface area contributed by atoms with Gasteiger partial charge in [-0.2, -0.15) is 0 Å². The van der Waals surface area contributed by atoms with E-state index in [0.717, 1.165) is 25.3 Å². The van der Waals surface area contributed by atoms with Crippen LogP contribution >= 0.6 is 0 Å². The summed E-state index contributed by atoms with van der Waals surface area (Å²) in [5.41, 5.74) is 1.15. The number of halogens is 3. The van der Waals surface area contributed by atoms with Crippen molar-refractivity contribution in [3.63, 3.8) is 0 Å². The molecule has 2 saturated heterocycles. The number of hydrogen-bond acceptors (Lipinski definition) is 4. The molecule has 2 aliphatic heterocycles. The second-order valence-corrected chi connectivity index (χ2v) is 9.98. The Morgan fingerprint density at radius 3 is 2.21 bits per heavy atom. The second kappa shape index (κ2) is 11.5. The van der Waals surface area contributed by atoms with Crippen molar-refractivity contribution >= 4 is 17.7 Å². The van der Waals surface area contributed by atoms with Gasteiger partial charge in [-0.3, -0.25) is 4.79 Å². The fourth-order valence-electron chi connectivity index (χ4n) is 5.32. The van der Waals surface area contributed by atoms with Crippen LogP contribution in [0, 0.1) is 23.4 Å². The molecule has 5 rings (SSSR count). The molecule has 0 saturated carbocycles. The highest BCUT2D eigenvalue weighted by Crippen LogP contribution is 2.47. The lowest BCUT2D eigenvalue weighted by molar-refractivity contribution is -0.131. The summed E-state index contributed by atoms with van der Waals surface area (Å²) in [4.78, 5) is 28.7. The van der Waals surface area contributed by atoms with Crippen LogP contribution in [0.1, 0.15) is 55.4 Å². The van der Waals surface area contributed by atoms with Crippen molar-refractivity contribution in [2.45, 2.75) is 44.2 Å². The number of aliphatic hydroxyl groups is 1. The minimum absolute atomic E-state index is 0.0640. The monoisotopic (exact) mass is 538 g/mol. The van der Waals surface area contributed by atoms with Crippen molar-refractivity contribution < 1.29 is 32.6 Å². The summed E-state index contributed by atoms with van der Waals surface area (Å²) < 4.78 is 47.7. The molecular weight excluding hydrogens is 509 g/mol. The Labute approximate surface area is 224 Å². The number of aliphatic hydroxyl groups excluding tert-OH is 1. The molecule has 2 amide bonds. The van der Waals surface area contributed by atoms with E-state index in [4.69, 9.17) is 4.74 Å². The standard InChI is InChI=1S/C30H29F3N2O4/c31-20-6-4-19(5-7-20)27(36)15-14-25-28(35(29(25)37)22-10-8-21(32)9-11-22)24-13-12-23(18-26(24)33)39-30(38)34-16-2-1-3-17-34/h4-13,18,25,27-28,36H,1-3,14-17H2/t25?,27-,28?/m0/s1. The molecule has 0 spiro atoms. The number of carbonyl (C=O) groups excluding carboxylic acids is 2. The van der Waals surface area contributed by atoms with Gasteiger partial charge in [-0.15, -0.1) is 0 Å². The third kappa shape index (κ3) is 5.78. The molecule has 9 heteroatoms. The maximum Gasteiger partial charge on any atom is 0.415 e. The largest absolute Gasteiger partial charge is 0.415 e. The summed E-state index contributed by atoms with van der Waals surface area (Å²) in [5.74, 6) is -2.40. The fraction of sp³-hybridized carbons (Fsp3) is 0.333. The Morgan fingerprint density at radius 2 is 1.56 bits per heavy atom. The molecule has 0 aromatic heterocycles. The van der Waals surface area contributed by atoms with Crippen LogP contribution in [0.25, 0.3) is 0 Å². The first-order valence-electron chi connectivity index (χ1n) is 13.1. The van der Waals surface area contributed by atoms with Crippen LogP contribution in [0.3, 0.4) is 0 Å². The number of likely N-dealkylation sites (tertiary alicyclic amines) is 1. The number of hydrogen-bond donors (Lipinski definition) is 1. The normalized spacial score (nSPS) is 19.9. The van der Waals surface area contributed by atoms with Gasteiger partial charge < -0.3 is 19.6 Å². The van der Waals surface area contributed by atoms with Crippen molar-refractivity contribution in [1.29, 1.82) is 0 Å². The average molecular weight is 539 g/mol. The van der Waals surface area contributed by atoms with Crippen LogP contribution in [-0.4, -0.2) is 35.1 Å². The summed E-state index contributed by atoms with van der Waals surface area (Å²) in [6.45, 7) is 1.20. The molecule has 2 fully saturated rings. The molecule has 39 heavy (non-hydrogen) atoms. The first kappa shape index (κ1) is 26.7. The lowest BCUT2D eigenvalue weighted by atomic mass is 9.78. The molecule has 0 radical (unpaired) electrons. The molecule has 6 nitrogen and oxygen atoms in total. The van der Waals surface area contributed by atoms with Gasteiger partial charge in [0.25, 0.3) is 0 Å². The highest BCUT2D eigenvalue weighted by Gasteiger charge is 2.49. The SMILES string of the molecule is O=C(Oc1ccc(C2C(CC[C@H](O)c3ccc(F)cc3)C(=O)N2c2ccc(F)cc2)c(F)c1)N1CCCCC1. The molecular formula is C30H29F3N2O4. The van der Waals surface area contributed by atoms with Gasteiger partial charge in [0, 0.05) is 30.4 Å². The van der Waals surface area contributed by atoms with Crippen molar-refractivity contribution in [3.05, 3.63) is 95.3 Å². The smallest absolute Gasteiger partial charge is 0.410 e. The Morgan fingerprint density at radius 1 is 0.923 bits per heavy atom. The number of ether oxygens (including phenoxy) is 1. The Kier molecular flexibility index (Phi) is 7.88. The number of β-lactam (4-membered cyclic amide) rings is 1. The maximum atomic E-state index is 15.5. The second-order valence-electron chi connectivity index (χ2n) is 9.98. The molecule has 0 aliphatic carbocycles. The van der Waals surface area contributed by atoms with Gasteiger partial charge in [0.1, 0.15) is 23.2 Å². The summed E-state index contributed by atoms with van der Waals surface area (Å²) in [6.07, 6.45) is 1.83. The molecule has 2 aliphatic rings. The molecule has 2 unspecified atom stereocenters. The average Bonchev–Trinajstić information content (AvgIpc) is 2.94. The fourth-order valence-corrected chi connectivity index (χ4v) is 5.32. The van der Waals surface area contributed by atoms with E-state index in [9.17, 15) is 23.5 Å². The zero-order valence-electron chi connectivity index (χ0n) is 21.2. The third-order valence-electron chi connectivity index (χ3n) is 7.43. The van der Waals surface area contributed by atoms with E-state index in [1.807, 2.05) is 0 Å². The van der Waals surface area contributed by atoms with Gasteiger partial charge >= 0.3 is 6.09 Å². The van der Waals surface area contributed by atoms with Gasteiger partial charge in [-0.25, -0.2) is 18.0 Å². The predicted octanol–water partition coefficient (Wildman–Crippen LogP) is 6.31. The Hall–Kier alpha value is -3.85. The molecule has 3 aromatic rings. The number of piperidine rings is 1. The Balaban J connectivity index is 1.36. The van der Waals surface area contributed by atoms with E-state index in [1.54, 1.807) is 4.90 Å². The van der Waals surface area contributed by atoms with E-state index < -0.39 is 41.6 Å². The van der Waals surface area contributed by atoms with Crippen molar-refractivity contribution in [2.24, 2.45) is 5.92 Å². The minimum Gasteiger partial charge on any atom is -0.410 e. The van der Waals surface area contributed by atoms with Crippen LogP contribution in [0.5, 0.6) is 5.75 Å². The molecule has 2 heterocycles. The van der Waals surface area contributed by atoms with E-state index in [1.165, 1.54) is 65.6 Å². The summed E-state index contributed by atoms with van der Waals surface area (Å²) in [5, 5.41) is 10.6. The quantitative estimate of drug-likeness (QED) is 0.358. The molecule has 3 aromatic carbocycles. The highest BCUT2D eigenvalue weighted by molar-refractivity contribution is 6.03. The van der Waals surface area contributed by atoms with Crippen molar-refractivity contribution in [2.75, 3.05) is 18.0 Å². The molecule has 1 N–H and O–H groups in total. The number of anilines is 1. The summed E-state index contributed by atoms with van der Waals surface area (Å²) in [6, 6.07) is 14.2. The molecule has 3 atom stereocenters. The molecule has 204 valence electrons. The predicted molar refractivity (Wildman–Crippen MR) is 139 cm³/mol. The number of amides is 2. The third-order valence-corrected chi connectivity index (χ3v) is 7.43. The van der Waals surface area contributed by atoms with E-state index in [-0.39, 0.29) is 30.1 Å². The molecule has 0 bridgehead atoms. The van der Waals surface area contributed by atoms with Gasteiger partial charge in [0.2, 0.25) is 5.91 Å². The number of benzene rings is 3. The first-order valence-corrected chi connectivity index (χ1v) is 13.1. The lowest BCUT2D eigenvalue weighted by Gasteiger charge is -2.48. The van der Waals surface area contributed by atoms with Crippen LogP contribution < -0.4 is 9.64 Å². The van der Waals surface area contributed by atoms with Gasteiger partial charge in [0.05, 0.1) is 18.1 Å². The number of nitrogens with zero attached hydrogens (tertiary/aromatic N) is 2. The first-order chi connectivity index (χ1) is 18.8. The van der Waals surface area contributed by atoms with Crippen LogP contribution in [-0.2, 0) is 4.79 Å². The van der Waals surface area contributed by atoms with Crippen LogP contribution in [0.2, 0.25) is 0 Å². The minimum atomic E-state index is -0.930. The zero-order valence-corrected chi connectivity index (χ0v) is 21.2. The highest BCUT2D eigenvalue weighted by atomic mass is 19.1. The van der Waals surface area contributed by atoms with Gasteiger partial charge in [-0.05, 0) is 80.1 Å². The van der Waals surface area contributed by atoms with Crippen LogP contribution in [0.4, 0.5) is 23.7 Å².